The monoisotopic (exact) mass is 436 g/mol. The zero-order valence-electron chi connectivity index (χ0n) is 17.8. The van der Waals surface area contributed by atoms with E-state index in [0.717, 1.165) is 17.0 Å². The van der Waals surface area contributed by atoms with Gasteiger partial charge in [0.25, 0.3) is 5.91 Å². The Morgan fingerprint density at radius 3 is 2.00 bits per heavy atom. The van der Waals surface area contributed by atoms with Gasteiger partial charge in [-0.15, -0.1) is 11.3 Å². The van der Waals surface area contributed by atoms with Crippen LogP contribution in [0.25, 0.3) is 0 Å². The topological polar surface area (TPSA) is 100 Å². The Morgan fingerprint density at radius 2 is 1.45 bits per heavy atom. The average molecular weight is 437 g/mol. The highest BCUT2D eigenvalue weighted by Gasteiger charge is 2.15. The molecule has 7 nitrogen and oxygen atoms in total. The Bertz CT molecular complexity index is 1100. The summed E-state index contributed by atoms with van der Waals surface area (Å²) in [6, 6.07) is 13.0. The number of hydrogen-bond donors (Lipinski definition) is 3. The smallest absolute Gasteiger partial charge is 0.257 e. The molecule has 0 unspecified atom stereocenters. The van der Waals surface area contributed by atoms with Crippen LogP contribution in [-0.2, 0) is 16.0 Å². The summed E-state index contributed by atoms with van der Waals surface area (Å²) in [5.41, 5.74) is 4.38. The van der Waals surface area contributed by atoms with E-state index in [0.29, 0.717) is 22.1 Å². The lowest BCUT2D eigenvalue weighted by molar-refractivity contribution is -0.115. The summed E-state index contributed by atoms with van der Waals surface area (Å²) >= 11 is 1.43. The van der Waals surface area contributed by atoms with Crippen molar-refractivity contribution < 1.29 is 14.4 Å². The van der Waals surface area contributed by atoms with Crippen LogP contribution in [-0.4, -0.2) is 22.7 Å². The first-order valence-electron chi connectivity index (χ1n) is 9.73. The van der Waals surface area contributed by atoms with Crippen LogP contribution < -0.4 is 16.0 Å². The minimum Gasteiger partial charge on any atom is -0.326 e. The number of amides is 3. The van der Waals surface area contributed by atoms with Crippen molar-refractivity contribution in [1.82, 2.24) is 4.98 Å². The zero-order chi connectivity index (χ0) is 22.5. The van der Waals surface area contributed by atoms with E-state index in [9.17, 15) is 14.4 Å². The molecular weight excluding hydrogens is 412 g/mol. The largest absolute Gasteiger partial charge is 0.326 e. The summed E-state index contributed by atoms with van der Waals surface area (Å²) in [5, 5.41) is 8.59. The summed E-state index contributed by atoms with van der Waals surface area (Å²) in [7, 11) is 0. The number of nitrogens with one attached hydrogen (secondary N) is 3. The Kier molecular flexibility index (Phi) is 6.81. The van der Waals surface area contributed by atoms with Gasteiger partial charge in [0.15, 0.2) is 5.13 Å². The molecule has 160 valence electrons. The number of carbonyl (C=O) groups excluding carboxylic acids is 3. The second-order valence-corrected chi connectivity index (χ2v) is 8.39. The highest BCUT2D eigenvalue weighted by atomic mass is 32.1. The molecule has 0 bridgehead atoms. The van der Waals surface area contributed by atoms with Crippen LogP contribution >= 0.6 is 11.3 Å². The van der Waals surface area contributed by atoms with E-state index in [1.807, 2.05) is 13.8 Å². The number of thiazole rings is 1. The normalized spacial score (nSPS) is 10.5. The van der Waals surface area contributed by atoms with Crippen molar-refractivity contribution in [3.63, 3.8) is 0 Å². The summed E-state index contributed by atoms with van der Waals surface area (Å²) < 4.78 is 0. The van der Waals surface area contributed by atoms with Gasteiger partial charge in [0.2, 0.25) is 11.8 Å². The Hall–Kier alpha value is -3.52. The van der Waals surface area contributed by atoms with Crippen molar-refractivity contribution >= 4 is 45.6 Å². The number of nitrogens with zero attached hydrogens (tertiary/aromatic N) is 1. The lowest BCUT2D eigenvalue weighted by Crippen LogP contribution is -2.15. The molecule has 3 N–H and O–H groups in total. The molecule has 1 heterocycles. The van der Waals surface area contributed by atoms with Crippen LogP contribution in [0.5, 0.6) is 0 Å². The molecule has 0 radical (unpaired) electrons. The van der Waals surface area contributed by atoms with E-state index < -0.39 is 0 Å². The molecule has 0 aliphatic rings. The number of anilines is 3. The minimum atomic E-state index is -0.380. The van der Waals surface area contributed by atoms with Crippen molar-refractivity contribution in [1.29, 1.82) is 0 Å². The maximum Gasteiger partial charge on any atom is 0.257 e. The number of rotatable bonds is 6. The predicted molar refractivity (Wildman–Crippen MR) is 124 cm³/mol. The summed E-state index contributed by atoms with van der Waals surface area (Å²) in [5.74, 6) is -0.931. The van der Waals surface area contributed by atoms with Crippen LogP contribution in [0.1, 0.15) is 45.9 Å². The number of benzene rings is 2. The first-order chi connectivity index (χ1) is 14.7. The van der Waals surface area contributed by atoms with Gasteiger partial charge in [-0.2, -0.15) is 0 Å². The van der Waals surface area contributed by atoms with Crippen molar-refractivity contribution in [2.75, 3.05) is 16.0 Å². The molecule has 3 aromatic rings. The Balaban J connectivity index is 1.79. The number of carbonyl (C=O) groups is 3. The van der Waals surface area contributed by atoms with Gasteiger partial charge in [0.05, 0.1) is 5.69 Å². The van der Waals surface area contributed by atoms with Crippen LogP contribution in [0.4, 0.5) is 16.5 Å². The van der Waals surface area contributed by atoms with E-state index in [2.05, 4.69) is 45.2 Å². The molecular formula is C23H24N4O3S. The third-order valence-electron chi connectivity index (χ3n) is 4.43. The maximum atomic E-state index is 12.8. The number of aromatic nitrogens is 1. The van der Waals surface area contributed by atoms with E-state index in [-0.39, 0.29) is 17.7 Å². The van der Waals surface area contributed by atoms with Crippen LogP contribution in [0.15, 0.2) is 42.5 Å². The highest BCUT2D eigenvalue weighted by Crippen LogP contribution is 2.27. The Labute approximate surface area is 184 Å². The van der Waals surface area contributed by atoms with Gasteiger partial charge in [-0.25, -0.2) is 4.98 Å². The van der Waals surface area contributed by atoms with E-state index in [4.69, 9.17) is 0 Å². The lowest BCUT2D eigenvalue weighted by Gasteiger charge is -2.10. The molecule has 0 aliphatic carbocycles. The average Bonchev–Trinajstić information content (AvgIpc) is 3.01. The quantitative estimate of drug-likeness (QED) is 0.529. The first kappa shape index (κ1) is 22.2. The lowest BCUT2D eigenvalue weighted by atomic mass is 10.1. The molecule has 0 saturated carbocycles. The van der Waals surface area contributed by atoms with Gasteiger partial charge in [0, 0.05) is 42.1 Å². The van der Waals surface area contributed by atoms with Crippen LogP contribution in [0.2, 0.25) is 0 Å². The molecule has 0 saturated heterocycles. The van der Waals surface area contributed by atoms with Crippen LogP contribution in [0, 0.1) is 13.8 Å². The number of hydrogen-bond acceptors (Lipinski definition) is 5. The van der Waals surface area contributed by atoms with Gasteiger partial charge in [-0.1, -0.05) is 29.8 Å². The molecule has 8 heteroatoms. The molecule has 0 atom stereocenters. The molecule has 2 aromatic carbocycles. The summed E-state index contributed by atoms with van der Waals surface area (Å²) in [4.78, 5) is 41.2. The maximum absolute atomic E-state index is 12.8. The third kappa shape index (κ3) is 6.23. The van der Waals surface area contributed by atoms with Crippen molar-refractivity contribution in [3.05, 3.63) is 69.7 Å². The van der Waals surface area contributed by atoms with Crippen LogP contribution in [0.3, 0.4) is 0 Å². The molecule has 31 heavy (non-hydrogen) atoms. The molecule has 0 spiro atoms. The second kappa shape index (κ2) is 9.53. The minimum absolute atomic E-state index is 0.275. The first-order valence-corrected chi connectivity index (χ1v) is 10.5. The van der Waals surface area contributed by atoms with Crippen molar-refractivity contribution in [2.24, 2.45) is 0 Å². The molecule has 0 aliphatic heterocycles. The molecule has 3 amide bonds. The van der Waals surface area contributed by atoms with E-state index in [1.54, 1.807) is 18.2 Å². The van der Waals surface area contributed by atoms with Crippen molar-refractivity contribution in [3.8, 4) is 0 Å². The SMILES string of the molecule is CC(=O)Nc1cc(NC(C)=O)cc(C(=O)Nc2nc(C)c(Cc3ccc(C)cc3)s2)c1. The van der Waals surface area contributed by atoms with Gasteiger partial charge in [-0.3, -0.25) is 19.7 Å². The van der Waals surface area contributed by atoms with E-state index >= 15 is 0 Å². The van der Waals surface area contributed by atoms with Gasteiger partial charge >= 0.3 is 0 Å². The second-order valence-electron chi connectivity index (χ2n) is 7.31. The van der Waals surface area contributed by atoms with E-state index in [1.165, 1.54) is 36.3 Å². The summed E-state index contributed by atoms with van der Waals surface area (Å²) in [6.07, 6.45) is 0.740. The predicted octanol–water partition coefficient (Wildman–Crippen LogP) is 4.52. The Morgan fingerprint density at radius 1 is 0.871 bits per heavy atom. The third-order valence-corrected chi connectivity index (χ3v) is 5.51. The van der Waals surface area contributed by atoms with Gasteiger partial charge < -0.3 is 10.6 Å². The van der Waals surface area contributed by atoms with Gasteiger partial charge in [-0.05, 0) is 37.6 Å². The molecule has 0 fully saturated rings. The van der Waals surface area contributed by atoms with Gasteiger partial charge in [0.1, 0.15) is 0 Å². The standard InChI is InChI=1S/C23H24N4O3S/c1-13-5-7-17(8-6-13)9-21-14(2)24-23(31-21)27-22(30)18-10-19(25-15(3)28)12-20(11-18)26-16(4)29/h5-8,10-12H,9H2,1-4H3,(H,25,28)(H,26,29)(H,24,27,30). The fraction of sp³-hybridized carbons (Fsp3) is 0.217. The molecule has 1 aromatic heterocycles. The highest BCUT2D eigenvalue weighted by molar-refractivity contribution is 7.15. The fourth-order valence-electron chi connectivity index (χ4n) is 3.02. The zero-order valence-corrected chi connectivity index (χ0v) is 18.6. The summed E-state index contributed by atoms with van der Waals surface area (Å²) in [6.45, 7) is 6.72. The number of aryl methyl sites for hydroxylation is 2. The fourth-order valence-corrected chi connectivity index (χ4v) is 4.01. The molecule has 3 rings (SSSR count). The van der Waals surface area contributed by atoms with Crippen molar-refractivity contribution in [2.45, 2.75) is 34.1 Å².